The summed E-state index contributed by atoms with van der Waals surface area (Å²) in [5, 5.41) is 0. The Hall–Kier alpha value is -3.13. The molecule has 0 N–H and O–H groups in total. The molecule has 3 aromatic rings. The molecule has 1 heterocycles. The van der Waals surface area contributed by atoms with Crippen LogP contribution in [-0.2, 0) is 28.0 Å². The molecule has 0 saturated heterocycles. The summed E-state index contributed by atoms with van der Waals surface area (Å²) in [6.07, 6.45) is 1.94. The second-order valence-corrected chi connectivity index (χ2v) is 10.2. The van der Waals surface area contributed by atoms with E-state index < -0.39 is 15.9 Å². The van der Waals surface area contributed by atoms with Crippen LogP contribution in [0.2, 0.25) is 0 Å². The number of nitrogens with zero attached hydrogens (tertiary/aromatic N) is 1. The fraction of sp³-hybridized carbons (Fsp3) is 0.292. The minimum absolute atomic E-state index is 0.00638. The number of benzene rings is 2. The van der Waals surface area contributed by atoms with Crippen molar-refractivity contribution in [2.45, 2.75) is 45.2 Å². The van der Waals surface area contributed by atoms with Crippen LogP contribution in [-0.4, -0.2) is 19.2 Å². The third-order valence-electron chi connectivity index (χ3n) is 4.57. The molecule has 1 amide bonds. The first kappa shape index (κ1) is 23.5. The smallest absolute Gasteiger partial charge is 0.339 e. The molecule has 0 atom stereocenters. The average molecular weight is 460 g/mol. The number of halogens is 1. The van der Waals surface area contributed by atoms with Gasteiger partial charge < -0.3 is 13.5 Å². The summed E-state index contributed by atoms with van der Waals surface area (Å²) in [6.45, 7) is 6.68. The molecule has 0 saturated carbocycles. The van der Waals surface area contributed by atoms with Gasteiger partial charge in [-0.25, -0.2) is 4.39 Å². The number of furan rings is 1. The molecule has 0 aliphatic carbocycles. The predicted octanol–water partition coefficient (Wildman–Crippen LogP) is 5.15. The van der Waals surface area contributed by atoms with Crippen LogP contribution in [0.25, 0.3) is 0 Å². The lowest BCUT2D eigenvalue weighted by Crippen LogP contribution is -2.32. The van der Waals surface area contributed by atoms with Gasteiger partial charge in [0.2, 0.25) is 5.91 Å². The largest absolute Gasteiger partial charge is 0.467 e. The van der Waals surface area contributed by atoms with Gasteiger partial charge in [0.25, 0.3) is 0 Å². The Bertz CT molecular complexity index is 1130. The highest BCUT2D eigenvalue weighted by Gasteiger charge is 2.23. The van der Waals surface area contributed by atoms with E-state index in [1.165, 1.54) is 12.1 Å². The maximum atomic E-state index is 13.0. The van der Waals surface area contributed by atoms with Crippen LogP contribution in [0.4, 0.5) is 4.39 Å². The highest BCUT2D eigenvalue weighted by Crippen LogP contribution is 2.24. The SMILES string of the molecule is CC(C)(C)CC(=O)N(Cc1ccc(OS(=O)(=O)c2ccc(F)cc2)cc1)Cc1ccco1. The summed E-state index contributed by atoms with van der Waals surface area (Å²) >= 11 is 0. The van der Waals surface area contributed by atoms with E-state index in [4.69, 9.17) is 8.60 Å². The fourth-order valence-electron chi connectivity index (χ4n) is 3.04. The molecule has 0 radical (unpaired) electrons. The molecule has 8 heteroatoms. The first-order valence-electron chi connectivity index (χ1n) is 10.1. The molecule has 0 aliphatic heterocycles. The maximum Gasteiger partial charge on any atom is 0.339 e. The minimum atomic E-state index is -4.08. The monoisotopic (exact) mass is 459 g/mol. The molecule has 0 fully saturated rings. The standard InChI is InChI=1S/C24H26FNO5S/c1-24(2,3)15-23(27)26(17-21-5-4-14-30-21)16-18-6-10-20(11-7-18)31-32(28,29)22-12-8-19(25)9-13-22/h4-14H,15-17H2,1-3H3. The zero-order chi connectivity index (χ0) is 23.4. The Balaban J connectivity index is 1.72. The summed E-state index contributed by atoms with van der Waals surface area (Å²) in [5.74, 6) is 0.260. The van der Waals surface area contributed by atoms with E-state index in [2.05, 4.69) is 0 Å². The average Bonchev–Trinajstić information content (AvgIpc) is 3.21. The van der Waals surface area contributed by atoms with Gasteiger partial charge in [-0.05, 0) is 59.5 Å². The van der Waals surface area contributed by atoms with Crippen LogP contribution in [0.1, 0.15) is 38.5 Å². The first-order chi connectivity index (χ1) is 15.0. The van der Waals surface area contributed by atoms with Crippen LogP contribution >= 0.6 is 0 Å². The lowest BCUT2D eigenvalue weighted by Gasteiger charge is -2.26. The van der Waals surface area contributed by atoms with Gasteiger partial charge in [0.05, 0.1) is 12.8 Å². The zero-order valence-electron chi connectivity index (χ0n) is 18.2. The van der Waals surface area contributed by atoms with Crippen molar-refractivity contribution in [1.82, 2.24) is 4.90 Å². The van der Waals surface area contributed by atoms with Crippen molar-refractivity contribution in [2.24, 2.45) is 5.41 Å². The van der Waals surface area contributed by atoms with Gasteiger partial charge in [-0.3, -0.25) is 4.79 Å². The summed E-state index contributed by atoms with van der Waals surface area (Å²) in [6, 6.07) is 14.4. The fourth-order valence-corrected chi connectivity index (χ4v) is 3.97. The molecule has 0 aliphatic rings. The molecule has 3 rings (SSSR count). The van der Waals surface area contributed by atoms with Gasteiger partial charge >= 0.3 is 10.1 Å². The second-order valence-electron chi connectivity index (χ2n) is 8.70. The Morgan fingerprint density at radius 1 is 1.00 bits per heavy atom. The number of carbonyl (C=O) groups excluding carboxylic acids is 1. The lowest BCUT2D eigenvalue weighted by atomic mass is 9.91. The Labute approximate surface area is 187 Å². The van der Waals surface area contributed by atoms with Gasteiger partial charge in [-0.2, -0.15) is 8.42 Å². The van der Waals surface area contributed by atoms with Crippen LogP contribution in [0.15, 0.2) is 76.2 Å². The van der Waals surface area contributed by atoms with E-state index in [-0.39, 0.29) is 22.0 Å². The molecule has 170 valence electrons. The molecular formula is C24H26FNO5S. The Kier molecular flexibility index (Phi) is 7.03. The molecule has 2 aromatic carbocycles. The van der Waals surface area contributed by atoms with Crippen LogP contribution < -0.4 is 4.18 Å². The van der Waals surface area contributed by atoms with Gasteiger partial charge in [0.15, 0.2) is 0 Å². The van der Waals surface area contributed by atoms with E-state index in [1.807, 2.05) is 26.8 Å². The van der Waals surface area contributed by atoms with Crippen molar-refractivity contribution in [1.29, 1.82) is 0 Å². The van der Waals surface area contributed by atoms with E-state index >= 15 is 0 Å². The number of hydrogen-bond acceptors (Lipinski definition) is 5. The second kappa shape index (κ2) is 9.56. The molecule has 6 nitrogen and oxygen atoms in total. The van der Waals surface area contributed by atoms with Gasteiger partial charge in [-0.1, -0.05) is 32.9 Å². The van der Waals surface area contributed by atoms with Crippen LogP contribution in [0.3, 0.4) is 0 Å². The van der Waals surface area contributed by atoms with Crippen LogP contribution in [0, 0.1) is 11.2 Å². The van der Waals surface area contributed by atoms with E-state index in [0.29, 0.717) is 25.3 Å². The van der Waals surface area contributed by atoms with Crippen molar-refractivity contribution in [3.8, 4) is 5.75 Å². The highest BCUT2D eigenvalue weighted by molar-refractivity contribution is 7.87. The first-order valence-corrected chi connectivity index (χ1v) is 11.5. The number of carbonyl (C=O) groups is 1. The predicted molar refractivity (Wildman–Crippen MR) is 118 cm³/mol. The summed E-state index contributed by atoms with van der Waals surface area (Å²) in [5.41, 5.74) is 0.649. The van der Waals surface area contributed by atoms with Crippen LogP contribution in [0.5, 0.6) is 5.75 Å². The van der Waals surface area contributed by atoms with E-state index in [1.54, 1.807) is 29.4 Å². The number of amides is 1. The molecule has 0 bridgehead atoms. The molecule has 0 spiro atoms. The van der Waals surface area contributed by atoms with E-state index in [9.17, 15) is 17.6 Å². The summed E-state index contributed by atoms with van der Waals surface area (Å²) < 4.78 is 48.3. The van der Waals surface area contributed by atoms with Gasteiger partial charge in [0.1, 0.15) is 22.2 Å². The third kappa shape index (κ3) is 6.68. The normalized spacial score (nSPS) is 11.9. The van der Waals surface area contributed by atoms with E-state index in [0.717, 1.165) is 29.8 Å². The molecule has 32 heavy (non-hydrogen) atoms. The Morgan fingerprint density at radius 2 is 1.66 bits per heavy atom. The quantitative estimate of drug-likeness (QED) is 0.435. The maximum absolute atomic E-state index is 13.0. The third-order valence-corrected chi connectivity index (χ3v) is 5.83. The van der Waals surface area contributed by atoms with Crippen molar-refractivity contribution in [3.05, 3.63) is 84.1 Å². The topological polar surface area (TPSA) is 76.8 Å². The summed E-state index contributed by atoms with van der Waals surface area (Å²) in [4.78, 5) is 14.4. The van der Waals surface area contributed by atoms with Crippen molar-refractivity contribution in [3.63, 3.8) is 0 Å². The zero-order valence-corrected chi connectivity index (χ0v) is 19.1. The van der Waals surface area contributed by atoms with Crippen molar-refractivity contribution >= 4 is 16.0 Å². The highest BCUT2D eigenvalue weighted by atomic mass is 32.2. The molecular weight excluding hydrogens is 433 g/mol. The van der Waals surface area contributed by atoms with Gasteiger partial charge in [0, 0.05) is 13.0 Å². The number of rotatable bonds is 8. The number of hydrogen-bond donors (Lipinski definition) is 0. The van der Waals surface area contributed by atoms with Gasteiger partial charge in [-0.15, -0.1) is 0 Å². The molecule has 0 unspecified atom stereocenters. The van der Waals surface area contributed by atoms with Crippen molar-refractivity contribution in [2.75, 3.05) is 0 Å². The van der Waals surface area contributed by atoms with Crippen molar-refractivity contribution < 1.29 is 26.2 Å². The minimum Gasteiger partial charge on any atom is -0.467 e. The lowest BCUT2D eigenvalue weighted by molar-refractivity contribution is -0.134. The Morgan fingerprint density at radius 3 is 2.22 bits per heavy atom. The molecule has 1 aromatic heterocycles. The summed E-state index contributed by atoms with van der Waals surface area (Å²) in [7, 11) is -4.08.